The van der Waals surface area contributed by atoms with Crippen LogP contribution in [-0.4, -0.2) is 9.91 Å². The molecule has 0 fully saturated rings. The Hall–Kier alpha value is -1.40. The molecule has 4 nitrogen and oxygen atoms in total. The van der Waals surface area contributed by atoms with Gasteiger partial charge in [-0.15, -0.1) is 0 Å². The Kier molecular flexibility index (Phi) is 3.98. The lowest BCUT2D eigenvalue weighted by Crippen LogP contribution is -1.91. The third-order valence-electron chi connectivity index (χ3n) is 2.27. The van der Waals surface area contributed by atoms with Crippen molar-refractivity contribution < 1.29 is 4.92 Å². The van der Waals surface area contributed by atoms with E-state index in [2.05, 4.69) is 20.9 Å². The maximum absolute atomic E-state index is 10.9. The van der Waals surface area contributed by atoms with Gasteiger partial charge < -0.3 is 0 Å². The van der Waals surface area contributed by atoms with Crippen LogP contribution in [0.15, 0.2) is 50.9 Å². The van der Waals surface area contributed by atoms with Gasteiger partial charge in [-0.3, -0.25) is 10.1 Å². The van der Waals surface area contributed by atoms with Gasteiger partial charge in [0.15, 0.2) is 0 Å². The van der Waals surface area contributed by atoms with E-state index in [0.29, 0.717) is 4.90 Å². The average Bonchev–Trinajstić information content (AvgIpc) is 2.33. The Morgan fingerprint density at radius 2 is 2.11 bits per heavy atom. The summed E-state index contributed by atoms with van der Waals surface area (Å²) in [5.74, 6) is 0. The van der Waals surface area contributed by atoms with Crippen molar-refractivity contribution in [3.63, 3.8) is 0 Å². The van der Waals surface area contributed by atoms with Crippen molar-refractivity contribution in [2.45, 2.75) is 16.8 Å². The van der Waals surface area contributed by atoms with Crippen LogP contribution in [0, 0.1) is 17.0 Å². The number of nitro groups is 1. The summed E-state index contributed by atoms with van der Waals surface area (Å²) in [6, 6.07) is 8.60. The van der Waals surface area contributed by atoms with Gasteiger partial charge in [-0.2, -0.15) is 0 Å². The lowest BCUT2D eigenvalue weighted by Gasteiger charge is -2.05. The quantitative estimate of drug-likeness (QED) is 0.626. The van der Waals surface area contributed by atoms with E-state index in [-0.39, 0.29) is 10.6 Å². The van der Waals surface area contributed by atoms with Crippen molar-refractivity contribution in [1.82, 2.24) is 4.98 Å². The van der Waals surface area contributed by atoms with Crippen LogP contribution in [0.25, 0.3) is 0 Å². The van der Waals surface area contributed by atoms with E-state index in [4.69, 9.17) is 0 Å². The first-order chi connectivity index (χ1) is 8.58. The zero-order valence-electron chi connectivity index (χ0n) is 9.46. The summed E-state index contributed by atoms with van der Waals surface area (Å²) >= 11 is 4.64. The number of halogens is 1. The number of nitrogens with zero attached hydrogens (tertiary/aromatic N) is 2. The number of para-hydroxylation sites is 1. The van der Waals surface area contributed by atoms with Gasteiger partial charge in [0.25, 0.3) is 5.69 Å². The number of pyridine rings is 1. The molecule has 2 rings (SSSR count). The Morgan fingerprint density at radius 1 is 1.39 bits per heavy atom. The highest BCUT2D eigenvalue weighted by Crippen LogP contribution is 2.35. The SMILES string of the molecule is Cc1cc(Br)cnc1Sc1ccccc1[N+](=O)[O-]. The van der Waals surface area contributed by atoms with E-state index in [1.54, 1.807) is 24.4 Å². The largest absolute Gasteiger partial charge is 0.283 e. The van der Waals surface area contributed by atoms with Crippen LogP contribution < -0.4 is 0 Å². The minimum absolute atomic E-state index is 0.103. The highest BCUT2D eigenvalue weighted by atomic mass is 79.9. The molecule has 0 bridgehead atoms. The summed E-state index contributed by atoms with van der Waals surface area (Å²) in [5.41, 5.74) is 1.08. The molecule has 1 aromatic heterocycles. The molecule has 0 saturated carbocycles. The van der Waals surface area contributed by atoms with Crippen molar-refractivity contribution >= 4 is 33.4 Å². The fourth-order valence-corrected chi connectivity index (χ4v) is 2.81. The first-order valence-corrected chi connectivity index (χ1v) is 6.72. The summed E-state index contributed by atoms with van der Waals surface area (Å²) in [6.07, 6.45) is 1.68. The molecule has 0 aliphatic carbocycles. The fraction of sp³-hybridized carbons (Fsp3) is 0.0833. The van der Waals surface area contributed by atoms with Crippen LogP contribution in [0.3, 0.4) is 0 Å². The number of hydrogen-bond acceptors (Lipinski definition) is 4. The first-order valence-electron chi connectivity index (χ1n) is 5.11. The Labute approximate surface area is 117 Å². The predicted molar refractivity (Wildman–Crippen MR) is 73.9 cm³/mol. The van der Waals surface area contributed by atoms with Crippen LogP contribution in [0.1, 0.15) is 5.56 Å². The van der Waals surface area contributed by atoms with Crippen LogP contribution in [0.2, 0.25) is 0 Å². The zero-order chi connectivity index (χ0) is 13.1. The molecule has 1 heterocycles. The lowest BCUT2D eigenvalue weighted by atomic mass is 10.3. The third-order valence-corrected chi connectivity index (χ3v) is 3.88. The molecular weight excluding hydrogens is 316 g/mol. The highest BCUT2D eigenvalue weighted by molar-refractivity contribution is 9.10. The Bertz CT molecular complexity index is 604. The Morgan fingerprint density at radius 3 is 2.78 bits per heavy atom. The maximum Gasteiger partial charge on any atom is 0.283 e. The van der Waals surface area contributed by atoms with Crippen LogP contribution >= 0.6 is 27.7 Å². The van der Waals surface area contributed by atoms with E-state index in [1.807, 2.05) is 13.0 Å². The maximum atomic E-state index is 10.9. The van der Waals surface area contributed by atoms with E-state index in [9.17, 15) is 10.1 Å². The molecular formula is C12H9BrN2O2S. The normalized spacial score (nSPS) is 10.3. The second-order valence-electron chi connectivity index (χ2n) is 3.60. The molecule has 1 aromatic carbocycles. The molecule has 0 aliphatic heterocycles. The van der Waals surface area contributed by atoms with E-state index in [1.165, 1.54) is 17.8 Å². The molecule has 0 radical (unpaired) electrons. The number of nitro benzene ring substituents is 1. The molecule has 0 atom stereocenters. The van der Waals surface area contributed by atoms with Gasteiger partial charge in [-0.05, 0) is 40.5 Å². The number of hydrogen-bond donors (Lipinski definition) is 0. The molecule has 0 N–H and O–H groups in total. The molecule has 0 spiro atoms. The Balaban J connectivity index is 2.37. The van der Waals surface area contributed by atoms with E-state index < -0.39 is 0 Å². The standard InChI is InChI=1S/C12H9BrN2O2S/c1-8-6-9(13)7-14-12(8)18-11-5-3-2-4-10(11)15(16)17/h2-7H,1H3. The summed E-state index contributed by atoms with van der Waals surface area (Å²) < 4.78 is 0.895. The molecule has 0 aliphatic rings. The molecule has 2 aromatic rings. The highest BCUT2D eigenvalue weighted by Gasteiger charge is 2.15. The molecule has 0 saturated heterocycles. The third kappa shape index (κ3) is 2.88. The van der Waals surface area contributed by atoms with Gasteiger partial charge in [0, 0.05) is 16.7 Å². The molecule has 0 unspecified atom stereocenters. The number of benzene rings is 1. The minimum atomic E-state index is -0.378. The molecule has 18 heavy (non-hydrogen) atoms. The van der Waals surface area contributed by atoms with Gasteiger partial charge in [-0.25, -0.2) is 4.98 Å². The zero-order valence-corrected chi connectivity index (χ0v) is 11.9. The van der Waals surface area contributed by atoms with Crippen LogP contribution in [0.4, 0.5) is 5.69 Å². The van der Waals surface area contributed by atoms with E-state index in [0.717, 1.165) is 15.1 Å². The van der Waals surface area contributed by atoms with E-state index >= 15 is 0 Å². The van der Waals surface area contributed by atoms with Gasteiger partial charge >= 0.3 is 0 Å². The minimum Gasteiger partial charge on any atom is -0.258 e. The summed E-state index contributed by atoms with van der Waals surface area (Å²) in [7, 11) is 0. The smallest absolute Gasteiger partial charge is 0.258 e. The first kappa shape index (κ1) is 13.0. The second kappa shape index (κ2) is 5.49. The second-order valence-corrected chi connectivity index (χ2v) is 5.55. The van der Waals surface area contributed by atoms with Crippen LogP contribution in [-0.2, 0) is 0 Å². The number of aromatic nitrogens is 1. The fourth-order valence-electron chi connectivity index (χ4n) is 1.43. The van der Waals surface area contributed by atoms with Crippen molar-refractivity contribution in [3.05, 3.63) is 56.7 Å². The number of aryl methyl sites for hydroxylation is 1. The predicted octanol–water partition coefficient (Wildman–Crippen LogP) is 4.21. The van der Waals surface area contributed by atoms with Gasteiger partial charge in [0.2, 0.25) is 0 Å². The molecule has 6 heteroatoms. The monoisotopic (exact) mass is 324 g/mol. The summed E-state index contributed by atoms with van der Waals surface area (Å²) in [4.78, 5) is 15.4. The van der Waals surface area contributed by atoms with Gasteiger partial charge in [-0.1, -0.05) is 23.9 Å². The van der Waals surface area contributed by atoms with Crippen molar-refractivity contribution in [3.8, 4) is 0 Å². The van der Waals surface area contributed by atoms with Gasteiger partial charge in [0.1, 0.15) is 5.03 Å². The van der Waals surface area contributed by atoms with Crippen molar-refractivity contribution in [2.24, 2.45) is 0 Å². The molecule has 0 amide bonds. The van der Waals surface area contributed by atoms with Crippen molar-refractivity contribution in [1.29, 1.82) is 0 Å². The summed E-state index contributed by atoms with van der Waals surface area (Å²) in [5, 5.41) is 11.7. The van der Waals surface area contributed by atoms with Gasteiger partial charge in [0.05, 0.1) is 9.82 Å². The number of rotatable bonds is 3. The molecule has 92 valence electrons. The average molecular weight is 325 g/mol. The summed E-state index contributed by atoms with van der Waals surface area (Å²) in [6.45, 7) is 1.93. The lowest BCUT2D eigenvalue weighted by molar-refractivity contribution is -0.387. The topological polar surface area (TPSA) is 56.0 Å². The van der Waals surface area contributed by atoms with Crippen LogP contribution in [0.5, 0.6) is 0 Å². The van der Waals surface area contributed by atoms with Crippen molar-refractivity contribution in [2.75, 3.05) is 0 Å².